The number of hydrogen-bond acceptors (Lipinski definition) is 4. The molecule has 0 atom stereocenters. The van der Waals surface area contributed by atoms with Crippen molar-refractivity contribution in [3.05, 3.63) is 12.4 Å². The number of nitrogens with two attached hydrogens (primary N) is 1. The quantitative estimate of drug-likeness (QED) is 0.784. The van der Waals surface area contributed by atoms with Crippen LogP contribution in [0.3, 0.4) is 0 Å². The van der Waals surface area contributed by atoms with Gasteiger partial charge >= 0.3 is 6.18 Å². The highest BCUT2D eigenvalue weighted by molar-refractivity contribution is 7.89. The van der Waals surface area contributed by atoms with Gasteiger partial charge in [0, 0.05) is 19.3 Å². The molecular formula is C7H11F3N4O2S. The number of hydrogen-bond donors (Lipinski definition) is 2. The predicted molar refractivity (Wildman–Crippen MR) is 52.5 cm³/mol. The molecule has 0 aromatic carbocycles. The summed E-state index contributed by atoms with van der Waals surface area (Å²) in [6.45, 7) is -2.18. The van der Waals surface area contributed by atoms with E-state index >= 15 is 0 Å². The molecule has 1 aromatic heterocycles. The van der Waals surface area contributed by atoms with Crippen LogP contribution in [0.15, 0.2) is 17.3 Å². The van der Waals surface area contributed by atoms with Gasteiger partial charge in [-0.3, -0.25) is 5.10 Å². The lowest BCUT2D eigenvalue weighted by Crippen LogP contribution is -2.41. The number of rotatable bonds is 5. The van der Waals surface area contributed by atoms with Crippen molar-refractivity contribution in [3.63, 3.8) is 0 Å². The van der Waals surface area contributed by atoms with Crippen LogP contribution in [-0.4, -0.2) is 48.7 Å². The third kappa shape index (κ3) is 3.68. The molecule has 98 valence electrons. The third-order valence-electron chi connectivity index (χ3n) is 1.85. The number of H-pyrrole nitrogens is 1. The molecule has 0 fully saturated rings. The molecule has 0 aliphatic carbocycles. The molecule has 6 nitrogen and oxygen atoms in total. The Morgan fingerprint density at radius 3 is 2.53 bits per heavy atom. The molecule has 17 heavy (non-hydrogen) atoms. The molecule has 0 aliphatic heterocycles. The zero-order valence-corrected chi connectivity index (χ0v) is 9.42. The van der Waals surface area contributed by atoms with Crippen molar-refractivity contribution in [2.45, 2.75) is 11.1 Å². The Balaban J connectivity index is 2.99. The molecule has 0 spiro atoms. The number of aromatic amines is 1. The van der Waals surface area contributed by atoms with Crippen LogP contribution < -0.4 is 5.73 Å². The average molecular weight is 272 g/mol. The number of sulfonamides is 1. The van der Waals surface area contributed by atoms with Gasteiger partial charge in [-0.05, 0) is 0 Å². The number of alkyl halides is 3. The fourth-order valence-corrected chi connectivity index (χ4v) is 2.51. The van der Waals surface area contributed by atoms with Crippen LogP contribution in [0.25, 0.3) is 0 Å². The van der Waals surface area contributed by atoms with Crippen molar-refractivity contribution in [2.75, 3.05) is 19.6 Å². The van der Waals surface area contributed by atoms with Gasteiger partial charge in [0.25, 0.3) is 0 Å². The fourth-order valence-electron chi connectivity index (χ4n) is 1.16. The second kappa shape index (κ2) is 5.02. The normalized spacial score (nSPS) is 13.2. The lowest BCUT2D eigenvalue weighted by molar-refractivity contribution is -0.136. The van der Waals surface area contributed by atoms with Crippen molar-refractivity contribution in [1.29, 1.82) is 0 Å². The molecule has 1 rings (SSSR count). The molecule has 1 heterocycles. The lowest BCUT2D eigenvalue weighted by atomic mass is 10.5. The van der Waals surface area contributed by atoms with E-state index in [1.807, 2.05) is 0 Å². The first kappa shape index (κ1) is 13.9. The zero-order chi connectivity index (χ0) is 13.1. The summed E-state index contributed by atoms with van der Waals surface area (Å²) in [7, 11) is -4.21. The second-order valence-corrected chi connectivity index (χ2v) is 5.11. The van der Waals surface area contributed by atoms with E-state index in [0.717, 1.165) is 12.4 Å². The third-order valence-corrected chi connectivity index (χ3v) is 3.66. The maximum Gasteiger partial charge on any atom is 0.402 e. The van der Waals surface area contributed by atoms with E-state index in [4.69, 9.17) is 5.73 Å². The van der Waals surface area contributed by atoms with Crippen LogP contribution in [0.5, 0.6) is 0 Å². The van der Waals surface area contributed by atoms with Gasteiger partial charge < -0.3 is 5.73 Å². The second-order valence-electron chi connectivity index (χ2n) is 3.18. The van der Waals surface area contributed by atoms with Gasteiger partial charge in [-0.25, -0.2) is 8.42 Å². The van der Waals surface area contributed by atoms with Crippen molar-refractivity contribution in [2.24, 2.45) is 5.73 Å². The summed E-state index contributed by atoms with van der Waals surface area (Å²) in [5.41, 5.74) is 5.10. The monoisotopic (exact) mass is 272 g/mol. The standard InChI is InChI=1S/C7H11F3N4O2S/c8-7(9,10)5-14(2-1-11)17(15,16)6-3-12-13-4-6/h3-4H,1-2,5,11H2,(H,12,13). The Hall–Kier alpha value is -1.13. The number of nitrogens with one attached hydrogen (secondary N) is 1. The molecule has 1 aromatic rings. The first-order valence-corrected chi connectivity index (χ1v) is 5.97. The first-order chi connectivity index (χ1) is 7.77. The topological polar surface area (TPSA) is 92.1 Å². The van der Waals surface area contributed by atoms with Crippen LogP contribution in [0, 0.1) is 0 Å². The number of aromatic nitrogens is 2. The van der Waals surface area contributed by atoms with E-state index in [-0.39, 0.29) is 15.7 Å². The first-order valence-electron chi connectivity index (χ1n) is 4.53. The lowest BCUT2D eigenvalue weighted by Gasteiger charge is -2.21. The van der Waals surface area contributed by atoms with Gasteiger partial charge in [0.1, 0.15) is 11.4 Å². The van der Waals surface area contributed by atoms with Gasteiger partial charge in [0.2, 0.25) is 10.0 Å². The van der Waals surface area contributed by atoms with Crippen LogP contribution in [-0.2, 0) is 10.0 Å². The van der Waals surface area contributed by atoms with Gasteiger partial charge in [0.15, 0.2) is 0 Å². The molecule has 0 bridgehead atoms. The van der Waals surface area contributed by atoms with E-state index in [2.05, 4.69) is 10.2 Å². The molecule has 0 unspecified atom stereocenters. The summed E-state index contributed by atoms with van der Waals surface area (Å²) in [4.78, 5) is -0.324. The summed E-state index contributed by atoms with van der Waals surface area (Å²) in [5.74, 6) is 0. The Morgan fingerprint density at radius 2 is 2.12 bits per heavy atom. The summed E-state index contributed by atoms with van der Waals surface area (Å²) in [5, 5.41) is 5.61. The van der Waals surface area contributed by atoms with Crippen molar-refractivity contribution < 1.29 is 21.6 Å². The van der Waals surface area contributed by atoms with Gasteiger partial charge in [-0.2, -0.15) is 22.6 Å². The minimum Gasteiger partial charge on any atom is -0.329 e. The molecule has 0 amide bonds. The Kier molecular flexibility index (Phi) is 4.11. The minimum atomic E-state index is -4.62. The predicted octanol–water partition coefficient (Wildman–Crippen LogP) is -0.0786. The van der Waals surface area contributed by atoms with Gasteiger partial charge in [-0.15, -0.1) is 0 Å². The summed E-state index contributed by atoms with van der Waals surface area (Å²) >= 11 is 0. The highest BCUT2D eigenvalue weighted by Gasteiger charge is 2.36. The number of halogens is 3. The highest BCUT2D eigenvalue weighted by Crippen LogP contribution is 2.21. The number of nitrogens with zero attached hydrogens (tertiary/aromatic N) is 2. The van der Waals surface area contributed by atoms with Gasteiger partial charge in [-0.1, -0.05) is 0 Å². The van der Waals surface area contributed by atoms with E-state index < -0.39 is 29.3 Å². The summed E-state index contributed by atoms with van der Waals surface area (Å²) in [6, 6.07) is 0. The molecule has 0 aliphatic rings. The van der Waals surface area contributed by atoms with E-state index in [1.54, 1.807) is 0 Å². The molecular weight excluding hydrogens is 261 g/mol. The Morgan fingerprint density at radius 1 is 1.47 bits per heavy atom. The van der Waals surface area contributed by atoms with E-state index in [1.165, 1.54) is 0 Å². The minimum absolute atomic E-state index is 0.201. The molecule has 0 radical (unpaired) electrons. The fraction of sp³-hybridized carbons (Fsp3) is 0.571. The molecule has 3 N–H and O–H groups in total. The highest BCUT2D eigenvalue weighted by atomic mass is 32.2. The smallest absolute Gasteiger partial charge is 0.329 e. The maximum atomic E-state index is 12.2. The van der Waals surface area contributed by atoms with Crippen molar-refractivity contribution in [3.8, 4) is 0 Å². The Bertz CT molecular complexity index is 442. The SMILES string of the molecule is NCCN(CC(F)(F)F)S(=O)(=O)c1cn[nH]c1. The molecule has 0 saturated carbocycles. The maximum absolute atomic E-state index is 12.2. The van der Waals surface area contributed by atoms with Crippen LogP contribution in [0.2, 0.25) is 0 Å². The van der Waals surface area contributed by atoms with Crippen molar-refractivity contribution in [1.82, 2.24) is 14.5 Å². The van der Waals surface area contributed by atoms with Crippen LogP contribution in [0.4, 0.5) is 13.2 Å². The summed E-state index contributed by atoms with van der Waals surface area (Å²) in [6.07, 6.45) is -2.67. The van der Waals surface area contributed by atoms with Crippen LogP contribution in [0.1, 0.15) is 0 Å². The molecule has 0 saturated heterocycles. The summed E-state index contributed by atoms with van der Waals surface area (Å²) < 4.78 is 60.5. The van der Waals surface area contributed by atoms with E-state index in [9.17, 15) is 21.6 Å². The average Bonchev–Trinajstić information content (AvgIpc) is 2.68. The zero-order valence-electron chi connectivity index (χ0n) is 8.61. The largest absolute Gasteiger partial charge is 0.402 e. The molecule has 10 heteroatoms. The van der Waals surface area contributed by atoms with Gasteiger partial charge in [0.05, 0.1) is 6.20 Å². The Labute approximate surface area is 95.6 Å². The van der Waals surface area contributed by atoms with Crippen molar-refractivity contribution >= 4 is 10.0 Å². The van der Waals surface area contributed by atoms with E-state index in [0.29, 0.717) is 0 Å². The van der Waals surface area contributed by atoms with Crippen LogP contribution >= 0.6 is 0 Å².